The number of benzene rings is 4. The maximum Gasteiger partial charge on any atom is 0.333 e. The molecule has 4 heteroatoms. The first-order valence-electron chi connectivity index (χ1n) is 12.0. The van der Waals surface area contributed by atoms with Gasteiger partial charge >= 0.3 is 5.97 Å². The first kappa shape index (κ1) is 25.2. The van der Waals surface area contributed by atoms with Crippen molar-refractivity contribution in [1.82, 2.24) is 0 Å². The van der Waals surface area contributed by atoms with Gasteiger partial charge in [0.1, 0.15) is 28.9 Å². The van der Waals surface area contributed by atoms with E-state index in [9.17, 15) is 4.79 Å². The maximum absolute atomic E-state index is 11.6. The van der Waals surface area contributed by atoms with Gasteiger partial charge < -0.3 is 9.47 Å². The van der Waals surface area contributed by atoms with Crippen molar-refractivity contribution in [2.75, 3.05) is 12.8 Å². The molecule has 0 aliphatic heterocycles. The Kier molecular flexibility index (Phi) is 8.86. The molecule has 0 heterocycles. The molecule has 0 amide bonds. The summed E-state index contributed by atoms with van der Waals surface area (Å²) in [7, 11) is -1.95. The first-order chi connectivity index (χ1) is 17.7. The number of rotatable bonds is 10. The van der Waals surface area contributed by atoms with Crippen LogP contribution in [0.25, 0.3) is 6.08 Å². The second kappa shape index (κ2) is 12.7. The molecule has 0 spiro atoms. The van der Waals surface area contributed by atoms with Gasteiger partial charge in [0.05, 0.1) is 25.1 Å². The number of para-hydroxylation sites is 1. The molecular formula is C32H30O3P+. The third kappa shape index (κ3) is 6.00. The van der Waals surface area contributed by atoms with Crippen LogP contribution in [0.3, 0.4) is 0 Å². The maximum atomic E-state index is 11.6. The zero-order valence-corrected chi connectivity index (χ0v) is 21.3. The van der Waals surface area contributed by atoms with Gasteiger partial charge in [0.2, 0.25) is 0 Å². The average molecular weight is 494 g/mol. The predicted molar refractivity (Wildman–Crippen MR) is 152 cm³/mol. The van der Waals surface area contributed by atoms with E-state index < -0.39 is 13.2 Å². The number of esters is 1. The molecule has 0 saturated carbocycles. The molecular weight excluding hydrogens is 463 g/mol. The molecule has 3 nitrogen and oxygen atoms in total. The van der Waals surface area contributed by atoms with Crippen molar-refractivity contribution in [3.05, 3.63) is 139 Å². The SMILES string of the molecule is CCOC(=O)/C=C/Oc1ccccc1/C=C/C[P+](c1ccccc1)(c1ccccc1)c1ccccc1. The van der Waals surface area contributed by atoms with Crippen LogP contribution in [-0.2, 0) is 9.53 Å². The summed E-state index contributed by atoms with van der Waals surface area (Å²) in [4.78, 5) is 11.6. The monoisotopic (exact) mass is 493 g/mol. The Labute approximate surface area is 214 Å². The Bertz CT molecular complexity index is 1200. The lowest BCUT2D eigenvalue weighted by Crippen LogP contribution is -2.32. The minimum absolute atomic E-state index is 0.331. The van der Waals surface area contributed by atoms with Gasteiger partial charge in [-0.05, 0) is 55.5 Å². The average Bonchev–Trinajstić information content (AvgIpc) is 2.94. The normalized spacial score (nSPS) is 11.6. The van der Waals surface area contributed by atoms with E-state index in [-0.39, 0.29) is 0 Å². The molecule has 0 fully saturated rings. The Morgan fingerprint density at radius 2 is 1.22 bits per heavy atom. The molecule has 0 unspecified atom stereocenters. The van der Waals surface area contributed by atoms with Gasteiger partial charge in [-0.15, -0.1) is 0 Å². The van der Waals surface area contributed by atoms with E-state index in [1.54, 1.807) is 6.92 Å². The summed E-state index contributed by atoms with van der Waals surface area (Å²) >= 11 is 0. The molecule has 0 aliphatic rings. The largest absolute Gasteiger partial charge is 0.464 e. The molecule has 0 atom stereocenters. The van der Waals surface area contributed by atoms with Gasteiger partial charge in [-0.1, -0.05) is 78.9 Å². The quantitative estimate of drug-likeness (QED) is 0.115. The second-order valence-corrected chi connectivity index (χ2v) is 11.6. The summed E-state index contributed by atoms with van der Waals surface area (Å²) in [6, 6.07) is 40.3. The molecule has 4 rings (SSSR count). The Morgan fingerprint density at radius 3 is 1.75 bits per heavy atom. The molecule has 0 N–H and O–H groups in total. The highest BCUT2D eigenvalue weighted by Gasteiger charge is 2.44. The van der Waals surface area contributed by atoms with Crippen molar-refractivity contribution < 1.29 is 14.3 Å². The topological polar surface area (TPSA) is 35.5 Å². The number of carbonyl (C=O) groups is 1. The van der Waals surface area contributed by atoms with Crippen LogP contribution in [0.1, 0.15) is 12.5 Å². The lowest BCUT2D eigenvalue weighted by molar-refractivity contribution is -0.137. The van der Waals surface area contributed by atoms with Gasteiger partial charge in [-0.25, -0.2) is 4.79 Å². The van der Waals surface area contributed by atoms with Crippen LogP contribution in [0.15, 0.2) is 134 Å². The van der Waals surface area contributed by atoms with Gasteiger partial charge in [-0.3, -0.25) is 0 Å². The van der Waals surface area contributed by atoms with E-state index in [2.05, 4.69) is 103 Å². The molecule has 0 aliphatic carbocycles. The number of hydrogen-bond acceptors (Lipinski definition) is 3. The van der Waals surface area contributed by atoms with E-state index in [1.165, 1.54) is 28.3 Å². The summed E-state index contributed by atoms with van der Waals surface area (Å²) in [5, 5.41) is 4.02. The van der Waals surface area contributed by atoms with Crippen LogP contribution < -0.4 is 20.7 Å². The van der Waals surface area contributed by atoms with Crippen molar-refractivity contribution in [2.45, 2.75) is 6.92 Å². The van der Waals surface area contributed by atoms with Crippen molar-refractivity contribution in [1.29, 1.82) is 0 Å². The molecule has 36 heavy (non-hydrogen) atoms. The fourth-order valence-corrected chi connectivity index (χ4v) is 8.22. The van der Waals surface area contributed by atoms with E-state index in [4.69, 9.17) is 9.47 Å². The van der Waals surface area contributed by atoms with Crippen LogP contribution in [0.2, 0.25) is 0 Å². The molecule has 0 saturated heterocycles. The minimum Gasteiger partial charge on any atom is -0.464 e. The third-order valence-corrected chi connectivity index (χ3v) is 10.2. The van der Waals surface area contributed by atoms with Crippen LogP contribution in [-0.4, -0.2) is 18.7 Å². The van der Waals surface area contributed by atoms with Gasteiger partial charge in [0.25, 0.3) is 0 Å². The second-order valence-electron chi connectivity index (χ2n) is 8.11. The summed E-state index contributed by atoms with van der Waals surface area (Å²) in [6.07, 6.45) is 7.88. The predicted octanol–water partition coefficient (Wildman–Crippen LogP) is 6.15. The van der Waals surface area contributed by atoms with E-state index in [0.29, 0.717) is 12.4 Å². The Morgan fingerprint density at radius 1 is 0.722 bits per heavy atom. The first-order valence-corrected chi connectivity index (χ1v) is 14.0. The molecule has 0 aromatic heterocycles. The summed E-state index contributed by atoms with van der Waals surface area (Å²) in [6.45, 7) is 2.10. The van der Waals surface area contributed by atoms with Crippen LogP contribution in [0.4, 0.5) is 0 Å². The number of carbonyl (C=O) groups excluding carboxylic acids is 1. The lowest BCUT2D eigenvalue weighted by atomic mass is 10.2. The van der Waals surface area contributed by atoms with Crippen molar-refractivity contribution in [2.24, 2.45) is 0 Å². The van der Waals surface area contributed by atoms with Crippen LogP contribution in [0, 0.1) is 0 Å². The van der Waals surface area contributed by atoms with Crippen molar-refractivity contribution in [3.8, 4) is 5.75 Å². The number of hydrogen-bond donors (Lipinski definition) is 0. The van der Waals surface area contributed by atoms with E-state index in [1.807, 2.05) is 24.3 Å². The number of allylic oxidation sites excluding steroid dienone is 1. The summed E-state index contributed by atoms with van der Waals surface area (Å²) in [5.41, 5.74) is 0.943. The Balaban J connectivity index is 1.70. The summed E-state index contributed by atoms with van der Waals surface area (Å²) in [5.74, 6) is 0.256. The highest BCUT2D eigenvalue weighted by atomic mass is 31.2. The number of ether oxygens (including phenoxy) is 2. The standard InChI is InChI=1S/C32H30O3P/c1-2-34-32(33)24-25-35-31-23-13-12-15-27(31)16-14-26-36(28-17-6-3-7-18-28,29-19-8-4-9-20-29)30-21-10-5-11-22-30/h3-25H,2,26H2,1H3/q+1/b16-14+,25-24+. The molecule has 0 bridgehead atoms. The van der Waals surface area contributed by atoms with Gasteiger partial charge in [0, 0.05) is 5.56 Å². The van der Waals surface area contributed by atoms with Crippen LogP contribution in [0.5, 0.6) is 5.75 Å². The molecule has 4 aromatic rings. The highest BCUT2D eigenvalue weighted by molar-refractivity contribution is 7.95. The minimum atomic E-state index is -1.95. The molecule has 0 radical (unpaired) electrons. The fraction of sp³-hybridized carbons (Fsp3) is 0.0938. The summed E-state index contributed by atoms with van der Waals surface area (Å²) < 4.78 is 10.7. The van der Waals surface area contributed by atoms with Gasteiger partial charge in [0.15, 0.2) is 0 Å². The lowest BCUT2D eigenvalue weighted by Gasteiger charge is -2.26. The third-order valence-electron chi connectivity index (χ3n) is 5.87. The smallest absolute Gasteiger partial charge is 0.333 e. The van der Waals surface area contributed by atoms with E-state index >= 15 is 0 Å². The fourth-order valence-electron chi connectivity index (χ4n) is 4.23. The van der Waals surface area contributed by atoms with E-state index in [0.717, 1.165) is 11.7 Å². The van der Waals surface area contributed by atoms with Crippen molar-refractivity contribution >= 4 is 35.2 Å². The van der Waals surface area contributed by atoms with Gasteiger partial charge in [-0.2, -0.15) is 0 Å². The van der Waals surface area contributed by atoms with Crippen molar-refractivity contribution in [3.63, 3.8) is 0 Å². The van der Waals surface area contributed by atoms with Crippen LogP contribution >= 0.6 is 7.26 Å². The zero-order chi connectivity index (χ0) is 25.1. The molecule has 180 valence electrons. The highest BCUT2D eigenvalue weighted by Crippen LogP contribution is 2.55. The Hall–Kier alpha value is -3.94. The zero-order valence-electron chi connectivity index (χ0n) is 20.4. The molecule has 4 aromatic carbocycles.